The van der Waals surface area contributed by atoms with Crippen LogP contribution >= 0.6 is 12.2 Å². The van der Waals surface area contributed by atoms with Crippen molar-refractivity contribution in [3.63, 3.8) is 0 Å². The molecule has 0 aliphatic carbocycles. The quantitative estimate of drug-likeness (QED) is 0.279. The summed E-state index contributed by atoms with van der Waals surface area (Å²) in [6, 6.07) is 0. The Bertz CT molecular complexity index is 82.9. The van der Waals surface area contributed by atoms with Gasteiger partial charge in [0.2, 0.25) is 0 Å². The lowest BCUT2D eigenvalue weighted by molar-refractivity contribution is 0.816. The number of rotatable bonds is 3. The lowest BCUT2D eigenvalue weighted by Crippen LogP contribution is -1.61. The van der Waals surface area contributed by atoms with Gasteiger partial charge in [-0.15, -0.1) is 6.58 Å². The monoisotopic (exact) mass is 143 g/mol. The summed E-state index contributed by atoms with van der Waals surface area (Å²) < 4.78 is 0. The molecule has 0 bridgehead atoms. The second-order valence-electron chi connectivity index (χ2n) is 1.53. The number of unbranched alkanes of at least 4 members (excludes halogenated alkanes) is 2. The molecular formula is C7H13NS. The fraction of sp³-hybridized carbons (Fsp3) is 0.571. The first-order valence-electron chi connectivity index (χ1n) is 2.98. The predicted molar refractivity (Wildman–Crippen MR) is 45.0 cm³/mol. The summed E-state index contributed by atoms with van der Waals surface area (Å²) in [5.74, 6) is 0. The molecule has 0 aromatic rings. The molecule has 52 valence electrons. The zero-order chi connectivity index (χ0) is 7.54. The van der Waals surface area contributed by atoms with Crippen molar-refractivity contribution in [1.82, 2.24) is 0 Å². The van der Waals surface area contributed by atoms with E-state index in [0.29, 0.717) is 0 Å². The van der Waals surface area contributed by atoms with E-state index < -0.39 is 0 Å². The van der Waals surface area contributed by atoms with E-state index in [1.54, 1.807) is 5.16 Å². The van der Waals surface area contributed by atoms with Gasteiger partial charge in [0.15, 0.2) is 0 Å². The van der Waals surface area contributed by atoms with Crippen molar-refractivity contribution < 1.29 is 0 Å². The first-order chi connectivity index (χ1) is 4.33. The SMILES string of the molecule is C=CCCCC.N=C=S. The molecule has 2 heteroatoms. The van der Waals surface area contributed by atoms with Crippen molar-refractivity contribution in [3.05, 3.63) is 12.7 Å². The number of thiocarbonyl (C=S) groups is 1. The molecule has 0 saturated heterocycles. The summed E-state index contributed by atoms with van der Waals surface area (Å²) in [5, 5.41) is 7.36. The van der Waals surface area contributed by atoms with Gasteiger partial charge in [0, 0.05) is 0 Å². The van der Waals surface area contributed by atoms with Crippen LogP contribution in [-0.4, -0.2) is 5.16 Å². The van der Waals surface area contributed by atoms with E-state index in [1.165, 1.54) is 19.3 Å². The maximum absolute atomic E-state index is 5.77. The highest BCUT2D eigenvalue weighted by Crippen LogP contribution is 1.91. The van der Waals surface area contributed by atoms with Crippen molar-refractivity contribution in [3.8, 4) is 0 Å². The summed E-state index contributed by atoms with van der Waals surface area (Å²) in [5.41, 5.74) is 0. The van der Waals surface area contributed by atoms with E-state index in [0.717, 1.165) is 0 Å². The Hall–Kier alpha value is -0.460. The van der Waals surface area contributed by atoms with E-state index in [1.807, 2.05) is 6.08 Å². The van der Waals surface area contributed by atoms with Crippen LogP contribution in [0.2, 0.25) is 0 Å². The van der Waals surface area contributed by atoms with Crippen molar-refractivity contribution in [1.29, 1.82) is 5.41 Å². The van der Waals surface area contributed by atoms with Crippen LogP contribution in [0.5, 0.6) is 0 Å². The van der Waals surface area contributed by atoms with Crippen molar-refractivity contribution >= 4 is 17.4 Å². The first kappa shape index (κ1) is 11.4. The van der Waals surface area contributed by atoms with Gasteiger partial charge in [-0.25, -0.2) is 5.41 Å². The molecule has 0 rings (SSSR count). The Labute approximate surface area is 62.3 Å². The Balaban J connectivity index is 0. The Morgan fingerprint density at radius 3 is 2.33 bits per heavy atom. The second kappa shape index (κ2) is 15.6. The molecule has 0 heterocycles. The molecule has 0 spiro atoms. The molecular weight excluding hydrogens is 130 g/mol. The molecule has 0 aromatic carbocycles. The fourth-order valence-electron chi connectivity index (χ4n) is 0.348. The van der Waals surface area contributed by atoms with Gasteiger partial charge in [-0.3, -0.25) is 0 Å². The Morgan fingerprint density at radius 1 is 1.78 bits per heavy atom. The summed E-state index contributed by atoms with van der Waals surface area (Å²) in [6.07, 6.45) is 5.72. The Morgan fingerprint density at radius 2 is 2.22 bits per heavy atom. The highest BCUT2D eigenvalue weighted by atomic mass is 32.1. The van der Waals surface area contributed by atoms with Crippen LogP contribution in [0, 0.1) is 5.41 Å². The van der Waals surface area contributed by atoms with Gasteiger partial charge >= 0.3 is 0 Å². The van der Waals surface area contributed by atoms with E-state index in [9.17, 15) is 0 Å². The minimum atomic E-state index is 1.18. The van der Waals surface area contributed by atoms with Gasteiger partial charge in [-0.2, -0.15) is 0 Å². The highest BCUT2D eigenvalue weighted by molar-refractivity contribution is 7.78. The van der Waals surface area contributed by atoms with Gasteiger partial charge in [-0.05, 0) is 18.6 Å². The minimum Gasteiger partial charge on any atom is -0.248 e. The maximum atomic E-state index is 5.77. The van der Waals surface area contributed by atoms with Gasteiger partial charge in [0.25, 0.3) is 0 Å². The van der Waals surface area contributed by atoms with Gasteiger partial charge in [0.1, 0.15) is 0 Å². The van der Waals surface area contributed by atoms with Crippen molar-refractivity contribution in [2.45, 2.75) is 26.2 Å². The largest absolute Gasteiger partial charge is 0.248 e. The molecule has 0 unspecified atom stereocenters. The highest BCUT2D eigenvalue weighted by Gasteiger charge is 1.71. The molecule has 0 amide bonds. The smallest absolute Gasteiger partial charge is 0.0554 e. The summed E-state index contributed by atoms with van der Waals surface area (Å²) in [6.45, 7) is 5.78. The van der Waals surface area contributed by atoms with Gasteiger partial charge in [-0.1, -0.05) is 25.8 Å². The average Bonchev–Trinajstić information content (AvgIpc) is 1.86. The number of isothiocyanates is 1. The summed E-state index contributed by atoms with van der Waals surface area (Å²) in [7, 11) is 0. The van der Waals surface area contributed by atoms with E-state index in [4.69, 9.17) is 5.41 Å². The number of hydrogen-bond acceptors (Lipinski definition) is 2. The fourth-order valence-corrected chi connectivity index (χ4v) is 0.348. The molecule has 0 saturated carbocycles. The zero-order valence-corrected chi connectivity index (χ0v) is 6.63. The molecule has 9 heavy (non-hydrogen) atoms. The van der Waals surface area contributed by atoms with E-state index >= 15 is 0 Å². The molecule has 0 atom stereocenters. The minimum absolute atomic E-state index is 1.18. The first-order valence-corrected chi connectivity index (χ1v) is 3.39. The van der Waals surface area contributed by atoms with Crippen molar-refractivity contribution in [2.75, 3.05) is 0 Å². The van der Waals surface area contributed by atoms with Crippen molar-refractivity contribution in [2.24, 2.45) is 0 Å². The zero-order valence-electron chi connectivity index (χ0n) is 5.81. The average molecular weight is 143 g/mol. The van der Waals surface area contributed by atoms with E-state index in [-0.39, 0.29) is 0 Å². The van der Waals surface area contributed by atoms with Crippen LogP contribution in [-0.2, 0) is 0 Å². The molecule has 0 aliphatic heterocycles. The molecule has 0 radical (unpaired) electrons. The van der Waals surface area contributed by atoms with Crippen LogP contribution in [0.3, 0.4) is 0 Å². The van der Waals surface area contributed by atoms with Crippen LogP contribution in [0.15, 0.2) is 12.7 Å². The Kier molecular flexibility index (Phi) is 19.7. The van der Waals surface area contributed by atoms with E-state index in [2.05, 4.69) is 25.7 Å². The van der Waals surface area contributed by atoms with Crippen LogP contribution in [0.25, 0.3) is 0 Å². The number of hydrogen-bond donors (Lipinski definition) is 1. The van der Waals surface area contributed by atoms with Gasteiger partial charge in [0.05, 0.1) is 5.16 Å². The maximum Gasteiger partial charge on any atom is 0.0554 e. The second-order valence-corrected chi connectivity index (χ2v) is 1.74. The normalized spacial score (nSPS) is 6.33. The standard InChI is InChI=1S/C6H12.CHNS/c1-3-5-6-4-2;2-1-3/h3H,1,4-6H2,2H3;2H. The molecule has 0 fully saturated rings. The lowest BCUT2D eigenvalue weighted by Gasteiger charge is -1.81. The third kappa shape index (κ3) is 35.9. The number of allylic oxidation sites excluding steroid dienone is 1. The summed E-state index contributed by atoms with van der Waals surface area (Å²) in [4.78, 5) is 0. The third-order valence-corrected chi connectivity index (χ3v) is 0.762. The predicted octanol–water partition coefficient (Wildman–Crippen LogP) is 3.03. The van der Waals surface area contributed by atoms with Crippen LogP contribution < -0.4 is 0 Å². The molecule has 0 aliphatic rings. The molecule has 0 aromatic heterocycles. The summed E-state index contributed by atoms with van der Waals surface area (Å²) >= 11 is 3.81. The number of nitrogens with one attached hydrogen (secondary N) is 1. The molecule has 1 nitrogen and oxygen atoms in total. The molecule has 1 N–H and O–H groups in total. The third-order valence-electron chi connectivity index (χ3n) is 0.762. The van der Waals surface area contributed by atoms with Crippen LogP contribution in [0.4, 0.5) is 0 Å². The lowest BCUT2D eigenvalue weighted by atomic mass is 10.3. The van der Waals surface area contributed by atoms with Crippen LogP contribution in [0.1, 0.15) is 26.2 Å². The van der Waals surface area contributed by atoms with Gasteiger partial charge < -0.3 is 0 Å². The topological polar surface area (TPSA) is 23.9 Å².